The highest BCUT2D eigenvalue weighted by Gasteiger charge is 2.34. The van der Waals surface area contributed by atoms with Gasteiger partial charge in [-0.05, 0) is 63.3 Å². The number of imidazole rings is 1. The third-order valence-corrected chi connectivity index (χ3v) is 6.76. The molecule has 0 atom stereocenters. The molecule has 0 saturated heterocycles. The van der Waals surface area contributed by atoms with Gasteiger partial charge in [0.1, 0.15) is 12.3 Å². The van der Waals surface area contributed by atoms with Crippen LogP contribution < -0.4 is 9.47 Å². The monoisotopic (exact) mass is 499 g/mol. The molecule has 1 aliphatic heterocycles. The summed E-state index contributed by atoms with van der Waals surface area (Å²) < 4.78 is 13.4. The van der Waals surface area contributed by atoms with Crippen LogP contribution in [0.2, 0.25) is 0 Å². The number of carbonyl (C=O) groups excluding carboxylic acids is 1. The number of hydrogen-bond acceptors (Lipinski definition) is 6. The van der Waals surface area contributed by atoms with Crippen molar-refractivity contribution in [1.82, 2.24) is 14.5 Å². The third kappa shape index (κ3) is 5.23. The molecule has 0 saturated carbocycles. The number of fused-ring (bicyclic) bond motifs is 3. The average Bonchev–Trinajstić information content (AvgIpc) is 3.51. The van der Waals surface area contributed by atoms with Crippen LogP contribution in [0, 0.1) is 0 Å². The van der Waals surface area contributed by atoms with E-state index in [2.05, 4.69) is 4.57 Å². The Morgan fingerprint density at radius 2 is 2.00 bits per heavy atom. The second kappa shape index (κ2) is 11.3. The molecule has 0 unspecified atom stereocenters. The summed E-state index contributed by atoms with van der Waals surface area (Å²) in [7, 11) is 1.61. The normalized spacial score (nSPS) is 12.2. The lowest BCUT2D eigenvalue weighted by atomic mass is 9.95. The number of rotatable bonds is 7. The number of methoxy groups -OCH3 is 1. The Morgan fingerprint density at radius 3 is 2.57 bits per heavy atom. The number of ether oxygens (including phenoxy) is 2. The van der Waals surface area contributed by atoms with Crippen molar-refractivity contribution in [3.8, 4) is 33.3 Å². The van der Waals surface area contributed by atoms with Gasteiger partial charge in [0.05, 0.1) is 24.3 Å². The molecule has 1 N–H and O–H groups in total. The van der Waals surface area contributed by atoms with E-state index in [4.69, 9.17) is 14.5 Å². The lowest BCUT2D eigenvalue weighted by Gasteiger charge is -2.34. The van der Waals surface area contributed by atoms with Crippen LogP contribution in [0.25, 0.3) is 21.8 Å². The number of hydrogen-bond donors (Lipinski definition) is 1. The van der Waals surface area contributed by atoms with E-state index in [1.54, 1.807) is 18.4 Å². The molecule has 0 fully saturated rings. The van der Waals surface area contributed by atoms with Crippen LogP contribution in [0.5, 0.6) is 11.5 Å². The number of aryl methyl sites for hydroxylation is 1. The maximum absolute atomic E-state index is 13.7. The second-order valence-corrected chi connectivity index (χ2v) is 9.91. The van der Waals surface area contributed by atoms with Crippen molar-refractivity contribution >= 4 is 17.2 Å². The molecule has 35 heavy (non-hydrogen) atoms. The van der Waals surface area contributed by atoms with Crippen molar-refractivity contribution in [2.45, 2.75) is 60.0 Å². The highest BCUT2D eigenvalue weighted by molar-refractivity contribution is 7.13. The predicted octanol–water partition coefficient (Wildman–Crippen LogP) is 5.50. The zero-order chi connectivity index (χ0) is 25.8. The van der Waals surface area contributed by atoms with Crippen LogP contribution in [0.3, 0.4) is 0 Å². The number of thiophene rings is 1. The van der Waals surface area contributed by atoms with Crippen LogP contribution in [-0.4, -0.2) is 57.9 Å². The van der Waals surface area contributed by atoms with E-state index in [1.807, 2.05) is 76.1 Å². The molecule has 0 bridgehead atoms. The lowest BCUT2D eigenvalue weighted by Crippen LogP contribution is -2.46. The van der Waals surface area contributed by atoms with Crippen molar-refractivity contribution in [3.05, 3.63) is 41.0 Å². The van der Waals surface area contributed by atoms with Gasteiger partial charge < -0.3 is 24.0 Å². The number of aliphatic hydroxyl groups is 1. The molecule has 3 aromatic rings. The van der Waals surface area contributed by atoms with Crippen molar-refractivity contribution < 1.29 is 19.4 Å². The third-order valence-electron chi connectivity index (χ3n) is 5.88. The number of carbonyl (C=O) groups is 1. The summed E-state index contributed by atoms with van der Waals surface area (Å²) >= 11 is 1.60. The summed E-state index contributed by atoms with van der Waals surface area (Å²) in [6, 6.07) is 7.97. The Labute approximate surface area is 212 Å². The summed E-state index contributed by atoms with van der Waals surface area (Å²) in [6.07, 6.45) is 0.751. The number of nitrogens with zero attached hydrogens (tertiary/aromatic N) is 3. The fraction of sp³-hybridized carbons (Fsp3) is 0.481. The quantitative estimate of drug-likeness (QED) is 0.464. The maximum atomic E-state index is 13.7. The molecule has 3 heterocycles. The second-order valence-electron chi connectivity index (χ2n) is 8.96. The summed E-state index contributed by atoms with van der Waals surface area (Å²) in [5.41, 5.74) is 3.51. The van der Waals surface area contributed by atoms with Crippen LogP contribution in [0.4, 0.5) is 0 Å². The molecule has 0 radical (unpaired) electrons. The van der Waals surface area contributed by atoms with Crippen LogP contribution in [0.15, 0.2) is 29.6 Å². The van der Waals surface area contributed by atoms with Crippen molar-refractivity contribution in [2.24, 2.45) is 0 Å². The Morgan fingerprint density at radius 1 is 1.26 bits per heavy atom. The highest BCUT2D eigenvalue weighted by Crippen LogP contribution is 2.44. The van der Waals surface area contributed by atoms with E-state index in [0.717, 1.165) is 33.8 Å². The van der Waals surface area contributed by atoms with Gasteiger partial charge >= 0.3 is 0 Å². The van der Waals surface area contributed by atoms with Gasteiger partial charge in [0.2, 0.25) is 0 Å². The maximum Gasteiger partial charge on any atom is 0.290 e. The van der Waals surface area contributed by atoms with E-state index in [-0.39, 0.29) is 24.7 Å². The Kier molecular flexibility index (Phi) is 8.61. The van der Waals surface area contributed by atoms with Gasteiger partial charge in [0, 0.05) is 24.2 Å². The summed E-state index contributed by atoms with van der Waals surface area (Å²) in [4.78, 5) is 21.5. The molecule has 1 aliphatic rings. The summed E-state index contributed by atoms with van der Waals surface area (Å²) in [5, 5.41) is 11.3. The van der Waals surface area contributed by atoms with E-state index in [9.17, 15) is 9.90 Å². The van der Waals surface area contributed by atoms with Gasteiger partial charge in [-0.3, -0.25) is 4.79 Å². The van der Waals surface area contributed by atoms with Crippen molar-refractivity contribution in [1.29, 1.82) is 0 Å². The van der Waals surface area contributed by atoms with E-state index in [1.165, 1.54) is 0 Å². The molecular weight excluding hydrogens is 462 g/mol. The van der Waals surface area contributed by atoms with Gasteiger partial charge in [0.15, 0.2) is 17.3 Å². The minimum absolute atomic E-state index is 0.0669. The fourth-order valence-electron chi connectivity index (χ4n) is 4.42. The van der Waals surface area contributed by atoms with Crippen molar-refractivity contribution in [2.75, 3.05) is 26.9 Å². The zero-order valence-corrected chi connectivity index (χ0v) is 22.7. The summed E-state index contributed by atoms with van der Waals surface area (Å²) in [5.74, 6) is 1.59. The molecule has 7 nitrogen and oxygen atoms in total. The molecule has 190 valence electrons. The van der Waals surface area contributed by atoms with Crippen LogP contribution in [0.1, 0.15) is 57.7 Å². The van der Waals surface area contributed by atoms with Gasteiger partial charge in [0.25, 0.3) is 5.91 Å². The number of aromatic nitrogens is 2. The first kappa shape index (κ1) is 26.8. The molecular formula is C27H37N3O4S. The van der Waals surface area contributed by atoms with Crippen LogP contribution in [-0.2, 0) is 13.0 Å². The lowest BCUT2D eigenvalue weighted by molar-refractivity contribution is 0.0581. The van der Waals surface area contributed by atoms with Gasteiger partial charge in [-0.25, -0.2) is 4.98 Å². The topological polar surface area (TPSA) is 76.8 Å². The molecule has 1 amide bonds. The SMILES string of the molecule is CC.CCN(C(=O)c1nc(-c2cccs2)c2n1CCc1cc(OC)c(OCCO)cc1-2)C(C)(C)C. The van der Waals surface area contributed by atoms with E-state index < -0.39 is 0 Å². The van der Waals surface area contributed by atoms with Gasteiger partial charge in [-0.1, -0.05) is 19.9 Å². The zero-order valence-electron chi connectivity index (χ0n) is 21.8. The molecule has 2 aromatic heterocycles. The first-order chi connectivity index (χ1) is 16.8. The van der Waals surface area contributed by atoms with Crippen LogP contribution >= 0.6 is 11.3 Å². The average molecular weight is 500 g/mol. The van der Waals surface area contributed by atoms with E-state index in [0.29, 0.717) is 30.4 Å². The van der Waals surface area contributed by atoms with Crippen molar-refractivity contribution in [3.63, 3.8) is 0 Å². The highest BCUT2D eigenvalue weighted by atomic mass is 32.1. The first-order valence-corrected chi connectivity index (χ1v) is 13.1. The largest absolute Gasteiger partial charge is 0.493 e. The molecule has 1 aromatic carbocycles. The molecule has 0 spiro atoms. The molecule has 4 rings (SSSR count). The number of benzene rings is 1. The van der Waals surface area contributed by atoms with Gasteiger partial charge in [-0.2, -0.15) is 0 Å². The predicted molar refractivity (Wildman–Crippen MR) is 142 cm³/mol. The molecule has 8 heteroatoms. The van der Waals surface area contributed by atoms with Gasteiger partial charge in [-0.15, -0.1) is 11.3 Å². The Hall–Kier alpha value is -2.84. The fourth-order valence-corrected chi connectivity index (χ4v) is 5.14. The standard InChI is InChI=1S/C25H31N3O4S.C2H6/c1-6-28(25(2,3)4)24(30)23-26-21(20-8-7-13-33-20)22-17-15-19(32-12-11-29)18(31-5)14-16(17)9-10-27(22)23;1-2/h7-8,13-15,29H,6,9-12H2,1-5H3;1-2H3. The smallest absolute Gasteiger partial charge is 0.290 e. The Bertz CT molecular complexity index is 1150. The number of amides is 1. The Balaban J connectivity index is 0.00000167. The minimum atomic E-state index is -0.313. The first-order valence-electron chi connectivity index (χ1n) is 12.2. The summed E-state index contributed by atoms with van der Waals surface area (Å²) in [6.45, 7) is 13.5. The minimum Gasteiger partial charge on any atom is -0.493 e. The van der Waals surface area contributed by atoms with E-state index >= 15 is 0 Å². The number of aliphatic hydroxyl groups excluding tert-OH is 1. The molecule has 0 aliphatic carbocycles.